The second kappa shape index (κ2) is 6.37. The highest BCUT2D eigenvalue weighted by atomic mass is 32.1. The number of thiazole rings is 1. The zero-order valence-corrected chi connectivity index (χ0v) is 14.1. The number of nitrogens with zero attached hydrogens (tertiary/aromatic N) is 3. The van der Waals surface area contributed by atoms with E-state index in [0.717, 1.165) is 10.7 Å². The number of hydrogen-bond donors (Lipinski definition) is 1. The lowest BCUT2D eigenvalue weighted by Crippen LogP contribution is -2.13. The summed E-state index contributed by atoms with van der Waals surface area (Å²) >= 11 is 1.49. The number of nitrogens with one attached hydrogen (secondary N) is 1. The molecule has 0 fully saturated rings. The number of amides is 1. The Morgan fingerprint density at radius 3 is 3.00 bits per heavy atom. The molecule has 0 bridgehead atoms. The lowest BCUT2D eigenvalue weighted by Gasteiger charge is -2.09. The number of benzene rings is 1. The van der Waals surface area contributed by atoms with E-state index in [1.165, 1.54) is 11.3 Å². The third-order valence-electron chi connectivity index (χ3n) is 3.15. The first-order chi connectivity index (χ1) is 11.0. The van der Waals surface area contributed by atoms with E-state index < -0.39 is 0 Å². The number of carbonyl (C=O) groups is 1. The van der Waals surface area contributed by atoms with Crippen LogP contribution in [0.15, 0.2) is 29.6 Å². The monoisotopic (exact) mass is 330 g/mol. The largest absolute Gasteiger partial charge is 0.493 e. The Balaban J connectivity index is 1.73. The summed E-state index contributed by atoms with van der Waals surface area (Å²) in [5.74, 6) is 1.16. The van der Waals surface area contributed by atoms with Gasteiger partial charge in [-0.2, -0.15) is 4.98 Å². The molecule has 1 amide bonds. The van der Waals surface area contributed by atoms with Crippen molar-refractivity contribution in [3.63, 3.8) is 0 Å². The fraction of sp³-hybridized carbons (Fsp3) is 0.312. The summed E-state index contributed by atoms with van der Waals surface area (Å²) in [5, 5.41) is 8.96. The van der Waals surface area contributed by atoms with Crippen molar-refractivity contribution >= 4 is 28.2 Å². The number of anilines is 1. The van der Waals surface area contributed by atoms with Gasteiger partial charge in [0, 0.05) is 10.9 Å². The molecule has 6 nitrogen and oxygen atoms in total. The maximum atomic E-state index is 12.3. The van der Waals surface area contributed by atoms with Crippen LogP contribution < -0.4 is 10.1 Å². The molecular weight excluding hydrogens is 312 g/mol. The average Bonchev–Trinajstić information content (AvgIpc) is 3.07. The van der Waals surface area contributed by atoms with Crippen molar-refractivity contribution in [1.29, 1.82) is 0 Å². The second-order valence-corrected chi connectivity index (χ2v) is 6.53. The van der Waals surface area contributed by atoms with Crippen LogP contribution in [0.4, 0.5) is 5.95 Å². The van der Waals surface area contributed by atoms with Gasteiger partial charge in [0.15, 0.2) is 0 Å². The van der Waals surface area contributed by atoms with Crippen LogP contribution in [0, 0.1) is 12.8 Å². The third-order valence-corrected chi connectivity index (χ3v) is 4.09. The highest BCUT2D eigenvalue weighted by molar-refractivity contribution is 7.15. The van der Waals surface area contributed by atoms with Gasteiger partial charge < -0.3 is 4.74 Å². The molecule has 0 saturated heterocycles. The van der Waals surface area contributed by atoms with Crippen LogP contribution in [0.25, 0.3) is 4.96 Å². The summed E-state index contributed by atoms with van der Waals surface area (Å²) < 4.78 is 7.36. The van der Waals surface area contributed by atoms with Crippen LogP contribution in [-0.2, 0) is 0 Å². The van der Waals surface area contributed by atoms with Crippen molar-refractivity contribution in [2.24, 2.45) is 5.92 Å². The molecule has 0 saturated carbocycles. The molecule has 0 radical (unpaired) electrons. The molecule has 2 aromatic heterocycles. The first-order valence-corrected chi connectivity index (χ1v) is 8.26. The molecule has 120 valence electrons. The highest BCUT2D eigenvalue weighted by Gasteiger charge is 2.12. The van der Waals surface area contributed by atoms with Crippen LogP contribution >= 0.6 is 11.3 Å². The van der Waals surface area contributed by atoms with Crippen molar-refractivity contribution in [2.45, 2.75) is 20.8 Å². The molecule has 0 aliphatic heterocycles. The van der Waals surface area contributed by atoms with Gasteiger partial charge in [-0.05, 0) is 31.0 Å². The topological polar surface area (TPSA) is 68.5 Å². The number of ether oxygens (including phenoxy) is 1. The fourth-order valence-electron chi connectivity index (χ4n) is 2.01. The Bertz CT molecular complexity index is 838. The summed E-state index contributed by atoms with van der Waals surface area (Å²) in [6.07, 6.45) is 0. The van der Waals surface area contributed by atoms with E-state index >= 15 is 0 Å². The van der Waals surface area contributed by atoms with Gasteiger partial charge in [-0.15, -0.1) is 16.4 Å². The van der Waals surface area contributed by atoms with Gasteiger partial charge in [-0.25, -0.2) is 4.52 Å². The molecule has 0 aliphatic rings. The van der Waals surface area contributed by atoms with Crippen LogP contribution in [0.3, 0.4) is 0 Å². The van der Waals surface area contributed by atoms with E-state index in [1.54, 1.807) is 22.7 Å². The smallest absolute Gasteiger partial charge is 0.258 e. The molecule has 2 heterocycles. The minimum atomic E-state index is -0.254. The molecule has 0 aliphatic carbocycles. The SMILES string of the molecule is Cc1csc2nc(NC(=O)c3cccc(OCC(C)C)c3)nn12. The highest BCUT2D eigenvalue weighted by Crippen LogP contribution is 2.17. The van der Waals surface area contributed by atoms with E-state index in [-0.39, 0.29) is 5.91 Å². The Hall–Kier alpha value is -2.41. The lowest BCUT2D eigenvalue weighted by molar-refractivity contribution is 0.102. The van der Waals surface area contributed by atoms with E-state index in [4.69, 9.17) is 4.74 Å². The van der Waals surface area contributed by atoms with Gasteiger partial charge in [0.1, 0.15) is 5.75 Å². The summed E-state index contributed by atoms with van der Waals surface area (Å²) in [5.41, 5.74) is 1.50. The number of aromatic nitrogens is 3. The number of aryl methyl sites for hydroxylation is 1. The summed E-state index contributed by atoms with van der Waals surface area (Å²) in [4.78, 5) is 17.4. The standard InChI is InChI=1S/C16H18N4O2S/c1-10(2)8-22-13-6-4-5-12(7-13)14(21)17-15-18-16-20(19-15)11(3)9-23-16/h4-7,9-10H,8H2,1-3H3,(H,17,19,21). The van der Waals surface area contributed by atoms with Crippen LogP contribution in [0.5, 0.6) is 5.75 Å². The maximum Gasteiger partial charge on any atom is 0.258 e. The molecule has 0 atom stereocenters. The average molecular weight is 330 g/mol. The number of hydrogen-bond acceptors (Lipinski definition) is 5. The van der Waals surface area contributed by atoms with Crippen LogP contribution in [-0.4, -0.2) is 27.1 Å². The van der Waals surface area contributed by atoms with Crippen molar-refractivity contribution in [2.75, 3.05) is 11.9 Å². The molecule has 0 spiro atoms. The van der Waals surface area contributed by atoms with Crippen LogP contribution in [0.2, 0.25) is 0 Å². The van der Waals surface area contributed by atoms with Crippen molar-refractivity contribution in [3.05, 3.63) is 40.9 Å². The number of fused-ring (bicyclic) bond motifs is 1. The number of carbonyl (C=O) groups excluding carboxylic acids is 1. The zero-order valence-electron chi connectivity index (χ0n) is 13.2. The summed E-state index contributed by atoms with van der Waals surface area (Å²) in [7, 11) is 0. The van der Waals surface area contributed by atoms with Gasteiger partial charge in [0.25, 0.3) is 11.9 Å². The van der Waals surface area contributed by atoms with Crippen LogP contribution in [0.1, 0.15) is 29.9 Å². The number of rotatable bonds is 5. The van der Waals surface area contributed by atoms with Gasteiger partial charge in [0.05, 0.1) is 12.3 Å². The first-order valence-electron chi connectivity index (χ1n) is 7.38. The summed E-state index contributed by atoms with van der Waals surface area (Å²) in [6.45, 7) is 6.71. The zero-order chi connectivity index (χ0) is 16.4. The predicted octanol–water partition coefficient (Wildman–Crippen LogP) is 3.39. The minimum absolute atomic E-state index is 0.254. The minimum Gasteiger partial charge on any atom is -0.493 e. The fourth-order valence-corrected chi connectivity index (χ4v) is 2.81. The van der Waals surface area contributed by atoms with E-state index in [0.29, 0.717) is 29.8 Å². The molecule has 3 rings (SSSR count). The molecule has 3 aromatic rings. The van der Waals surface area contributed by atoms with Crippen molar-refractivity contribution in [3.8, 4) is 5.75 Å². The van der Waals surface area contributed by atoms with Gasteiger partial charge in [-0.3, -0.25) is 10.1 Å². The van der Waals surface area contributed by atoms with Gasteiger partial charge in [0.2, 0.25) is 4.96 Å². The molecule has 7 heteroatoms. The quantitative estimate of drug-likeness (QED) is 0.778. The predicted molar refractivity (Wildman–Crippen MR) is 90.3 cm³/mol. The van der Waals surface area contributed by atoms with Gasteiger partial charge >= 0.3 is 0 Å². The molecule has 1 aromatic carbocycles. The Kier molecular flexibility index (Phi) is 4.29. The molecular formula is C16H18N4O2S. The van der Waals surface area contributed by atoms with E-state index in [1.807, 2.05) is 18.4 Å². The molecule has 1 N–H and O–H groups in total. The van der Waals surface area contributed by atoms with Crippen molar-refractivity contribution in [1.82, 2.24) is 14.6 Å². The van der Waals surface area contributed by atoms with E-state index in [9.17, 15) is 4.79 Å². The Labute approximate surface area is 138 Å². The first kappa shape index (κ1) is 15.5. The Morgan fingerprint density at radius 2 is 2.26 bits per heavy atom. The third kappa shape index (κ3) is 3.50. The van der Waals surface area contributed by atoms with Crippen molar-refractivity contribution < 1.29 is 9.53 Å². The van der Waals surface area contributed by atoms with E-state index in [2.05, 4.69) is 29.2 Å². The summed E-state index contributed by atoms with van der Waals surface area (Å²) in [6, 6.07) is 7.10. The normalized spacial score (nSPS) is 11.1. The van der Waals surface area contributed by atoms with Gasteiger partial charge in [-0.1, -0.05) is 19.9 Å². The molecule has 23 heavy (non-hydrogen) atoms. The Morgan fingerprint density at radius 1 is 1.43 bits per heavy atom. The lowest BCUT2D eigenvalue weighted by atomic mass is 10.2. The maximum absolute atomic E-state index is 12.3. The second-order valence-electron chi connectivity index (χ2n) is 5.69. The molecule has 0 unspecified atom stereocenters.